The lowest BCUT2D eigenvalue weighted by atomic mass is 10.1. The van der Waals surface area contributed by atoms with Crippen LogP contribution in [0, 0.1) is 0 Å². The summed E-state index contributed by atoms with van der Waals surface area (Å²) >= 11 is 3.31. The molecule has 0 aliphatic heterocycles. The van der Waals surface area contributed by atoms with Crippen LogP contribution in [0.5, 0.6) is 0 Å². The first-order chi connectivity index (χ1) is 9.16. The second-order valence-electron chi connectivity index (χ2n) is 4.60. The van der Waals surface area contributed by atoms with Crippen LogP contribution in [0.25, 0.3) is 0 Å². The van der Waals surface area contributed by atoms with Gasteiger partial charge in [0.15, 0.2) is 0 Å². The topological polar surface area (TPSA) is 32.3 Å². The van der Waals surface area contributed by atoms with Crippen molar-refractivity contribution >= 4 is 28.6 Å². The van der Waals surface area contributed by atoms with Crippen molar-refractivity contribution in [1.29, 1.82) is 0 Å². The lowest BCUT2D eigenvalue weighted by molar-refractivity contribution is -0.120. The summed E-state index contributed by atoms with van der Waals surface area (Å²) in [6.07, 6.45) is 0.474. The molecule has 1 amide bonds. The Morgan fingerprint density at radius 2 is 2.21 bits per heavy atom. The molecule has 0 aliphatic carbocycles. The molecule has 1 atom stereocenters. The van der Waals surface area contributed by atoms with Crippen LogP contribution in [0.3, 0.4) is 0 Å². The quantitative estimate of drug-likeness (QED) is 0.888. The van der Waals surface area contributed by atoms with Gasteiger partial charge in [0, 0.05) is 11.4 Å². The molecule has 0 saturated heterocycles. The van der Waals surface area contributed by atoms with Gasteiger partial charge in [0.05, 0.1) is 12.5 Å². The van der Waals surface area contributed by atoms with Gasteiger partial charge in [-0.1, -0.05) is 6.07 Å². The highest BCUT2D eigenvalue weighted by molar-refractivity contribution is 7.10. The third-order valence-corrected chi connectivity index (χ3v) is 4.54. The summed E-state index contributed by atoms with van der Waals surface area (Å²) in [6.45, 7) is 0.647. The highest BCUT2D eigenvalue weighted by Crippen LogP contribution is 2.20. The number of hydrogen-bond acceptors (Lipinski definition) is 4. The lowest BCUT2D eigenvalue weighted by Crippen LogP contribution is -2.35. The number of likely N-dealkylation sites (N-methyl/N-ethyl adjacent to an activating group) is 1. The van der Waals surface area contributed by atoms with Crippen LogP contribution in [-0.4, -0.2) is 31.4 Å². The Hall–Kier alpha value is -1.17. The van der Waals surface area contributed by atoms with Crippen molar-refractivity contribution in [3.63, 3.8) is 0 Å². The first kappa shape index (κ1) is 14.2. The molecule has 0 fully saturated rings. The van der Waals surface area contributed by atoms with E-state index in [1.165, 1.54) is 5.56 Å². The van der Waals surface area contributed by atoms with Gasteiger partial charge in [0.25, 0.3) is 0 Å². The van der Waals surface area contributed by atoms with E-state index in [1.807, 2.05) is 31.6 Å². The van der Waals surface area contributed by atoms with E-state index in [1.54, 1.807) is 22.7 Å². The molecule has 3 nitrogen and oxygen atoms in total. The summed E-state index contributed by atoms with van der Waals surface area (Å²) in [5.41, 5.74) is 1.26. The van der Waals surface area contributed by atoms with E-state index in [0.717, 1.165) is 4.88 Å². The predicted octanol–water partition coefficient (Wildman–Crippen LogP) is 2.77. The van der Waals surface area contributed by atoms with Crippen molar-refractivity contribution in [3.8, 4) is 0 Å². The average Bonchev–Trinajstić information content (AvgIpc) is 3.01. The number of nitrogens with one attached hydrogen (secondary N) is 1. The monoisotopic (exact) mass is 294 g/mol. The standard InChI is InChI=1S/C14H18N2OS2/c1-16(2)13(11-5-7-18-10-11)9-15-14(17)8-12-4-3-6-19-12/h3-7,10,13H,8-9H2,1-2H3,(H,15,17)/t13-/m1/s1. The fraction of sp³-hybridized carbons (Fsp3) is 0.357. The number of amides is 1. The average molecular weight is 294 g/mol. The first-order valence-corrected chi connectivity index (χ1v) is 7.96. The predicted molar refractivity (Wildman–Crippen MR) is 81.8 cm³/mol. The Morgan fingerprint density at radius 3 is 2.79 bits per heavy atom. The molecule has 2 heterocycles. The van der Waals surface area contributed by atoms with Crippen molar-refractivity contribution in [2.24, 2.45) is 0 Å². The third-order valence-electron chi connectivity index (χ3n) is 2.96. The van der Waals surface area contributed by atoms with E-state index in [2.05, 4.69) is 27.0 Å². The zero-order valence-corrected chi connectivity index (χ0v) is 12.8. The maximum Gasteiger partial charge on any atom is 0.225 e. The van der Waals surface area contributed by atoms with Crippen molar-refractivity contribution in [1.82, 2.24) is 10.2 Å². The van der Waals surface area contributed by atoms with Gasteiger partial charge in [-0.3, -0.25) is 4.79 Å². The number of carbonyl (C=O) groups excluding carboxylic acids is 1. The molecular formula is C14H18N2OS2. The Balaban J connectivity index is 1.87. The number of nitrogens with zero attached hydrogens (tertiary/aromatic N) is 1. The number of carbonyl (C=O) groups is 1. The molecule has 0 aromatic carbocycles. The highest BCUT2D eigenvalue weighted by Gasteiger charge is 2.15. The zero-order chi connectivity index (χ0) is 13.7. The van der Waals surface area contributed by atoms with E-state index in [4.69, 9.17) is 0 Å². The zero-order valence-electron chi connectivity index (χ0n) is 11.1. The van der Waals surface area contributed by atoms with Crippen LogP contribution in [0.15, 0.2) is 34.3 Å². The summed E-state index contributed by atoms with van der Waals surface area (Å²) < 4.78 is 0. The van der Waals surface area contributed by atoms with Gasteiger partial charge in [0.2, 0.25) is 5.91 Å². The smallest absolute Gasteiger partial charge is 0.225 e. The third kappa shape index (κ3) is 4.16. The van der Waals surface area contributed by atoms with Crippen LogP contribution in [0.2, 0.25) is 0 Å². The van der Waals surface area contributed by atoms with Gasteiger partial charge in [-0.05, 0) is 47.9 Å². The minimum Gasteiger partial charge on any atom is -0.354 e. The second-order valence-corrected chi connectivity index (χ2v) is 6.41. The van der Waals surface area contributed by atoms with Crippen LogP contribution >= 0.6 is 22.7 Å². The largest absolute Gasteiger partial charge is 0.354 e. The summed E-state index contributed by atoms with van der Waals surface area (Å²) in [5.74, 6) is 0.0875. The molecule has 0 saturated carbocycles. The van der Waals surface area contributed by atoms with Gasteiger partial charge in [0.1, 0.15) is 0 Å². The molecule has 2 aromatic rings. The lowest BCUT2D eigenvalue weighted by Gasteiger charge is -2.23. The summed E-state index contributed by atoms with van der Waals surface area (Å²) in [6, 6.07) is 6.31. The van der Waals surface area contributed by atoms with Crippen LogP contribution in [-0.2, 0) is 11.2 Å². The molecule has 5 heteroatoms. The Morgan fingerprint density at radius 1 is 1.37 bits per heavy atom. The summed E-state index contributed by atoms with van der Waals surface area (Å²) in [4.78, 5) is 15.1. The molecule has 0 unspecified atom stereocenters. The molecule has 0 aliphatic rings. The van der Waals surface area contributed by atoms with Crippen LogP contribution in [0.4, 0.5) is 0 Å². The van der Waals surface area contributed by atoms with E-state index in [9.17, 15) is 4.79 Å². The van der Waals surface area contributed by atoms with Crippen molar-refractivity contribution in [2.45, 2.75) is 12.5 Å². The van der Waals surface area contributed by atoms with Crippen LogP contribution < -0.4 is 5.32 Å². The maximum absolute atomic E-state index is 11.9. The molecule has 1 N–H and O–H groups in total. The molecule has 2 rings (SSSR count). The molecule has 0 bridgehead atoms. The fourth-order valence-corrected chi connectivity index (χ4v) is 3.32. The van der Waals surface area contributed by atoms with Crippen molar-refractivity contribution in [2.75, 3.05) is 20.6 Å². The number of rotatable bonds is 6. The summed E-state index contributed by atoms with van der Waals surface area (Å²) in [5, 5.41) is 9.22. The molecule has 2 aromatic heterocycles. The Kier molecular flexibility index (Phi) is 5.13. The second kappa shape index (κ2) is 6.84. The SMILES string of the molecule is CN(C)[C@H](CNC(=O)Cc1cccs1)c1ccsc1. The van der Waals surface area contributed by atoms with Gasteiger partial charge in [-0.15, -0.1) is 11.3 Å². The minimum absolute atomic E-state index is 0.0875. The van der Waals surface area contributed by atoms with Gasteiger partial charge in [-0.25, -0.2) is 0 Å². The molecule has 0 spiro atoms. The summed E-state index contributed by atoms with van der Waals surface area (Å²) in [7, 11) is 4.07. The van der Waals surface area contributed by atoms with Gasteiger partial charge < -0.3 is 10.2 Å². The normalized spacial score (nSPS) is 12.6. The van der Waals surface area contributed by atoms with Gasteiger partial charge >= 0.3 is 0 Å². The Bertz CT molecular complexity index is 492. The molecular weight excluding hydrogens is 276 g/mol. The highest BCUT2D eigenvalue weighted by atomic mass is 32.1. The minimum atomic E-state index is 0.0875. The fourth-order valence-electron chi connectivity index (χ4n) is 1.91. The number of thiophene rings is 2. The van der Waals surface area contributed by atoms with E-state index < -0.39 is 0 Å². The van der Waals surface area contributed by atoms with Crippen molar-refractivity contribution in [3.05, 3.63) is 44.8 Å². The Labute approximate surface area is 121 Å². The molecule has 19 heavy (non-hydrogen) atoms. The van der Waals surface area contributed by atoms with Crippen LogP contribution in [0.1, 0.15) is 16.5 Å². The number of hydrogen-bond donors (Lipinski definition) is 1. The first-order valence-electron chi connectivity index (χ1n) is 6.14. The van der Waals surface area contributed by atoms with Gasteiger partial charge in [-0.2, -0.15) is 11.3 Å². The molecule has 0 radical (unpaired) electrons. The molecule has 102 valence electrons. The van der Waals surface area contributed by atoms with E-state index in [0.29, 0.717) is 13.0 Å². The van der Waals surface area contributed by atoms with E-state index >= 15 is 0 Å². The van der Waals surface area contributed by atoms with Crippen molar-refractivity contribution < 1.29 is 4.79 Å². The van der Waals surface area contributed by atoms with E-state index in [-0.39, 0.29) is 11.9 Å². The maximum atomic E-state index is 11.9.